The molecule has 0 bridgehead atoms. The molecule has 0 saturated heterocycles. The summed E-state index contributed by atoms with van der Waals surface area (Å²) in [5, 5.41) is 16.5. The summed E-state index contributed by atoms with van der Waals surface area (Å²) in [4.78, 5) is 15.1. The lowest BCUT2D eigenvalue weighted by atomic mass is 10.5. The number of nitrogens with one attached hydrogen (secondary N) is 1. The van der Waals surface area contributed by atoms with Gasteiger partial charge in [0.05, 0.1) is 10.6 Å². The van der Waals surface area contributed by atoms with Crippen molar-refractivity contribution < 1.29 is 4.92 Å². The van der Waals surface area contributed by atoms with Crippen LogP contribution in [0.25, 0.3) is 4.96 Å². The highest BCUT2D eigenvalue weighted by molar-refractivity contribution is 8.02. The molecule has 0 aliphatic carbocycles. The Kier molecular flexibility index (Phi) is 6.22. The Morgan fingerprint density at radius 1 is 1.71 bits per heavy atom. The second-order valence-corrected chi connectivity index (χ2v) is 7.05. The summed E-state index contributed by atoms with van der Waals surface area (Å²) in [5.41, 5.74) is 0.990. The molecule has 2 aromatic rings. The van der Waals surface area contributed by atoms with Crippen molar-refractivity contribution >= 4 is 51.4 Å². The van der Waals surface area contributed by atoms with Gasteiger partial charge in [-0.2, -0.15) is 11.8 Å². The van der Waals surface area contributed by atoms with E-state index in [0.717, 1.165) is 28.4 Å². The maximum Gasteiger partial charge on any atom is 0.263 e. The first-order valence-corrected chi connectivity index (χ1v) is 9.56. The van der Waals surface area contributed by atoms with Crippen LogP contribution in [0.15, 0.2) is 22.8 Å². The first-order valence-electron chi connectivity index (χ1n) is 5.92. The first kappa shape index (κ1) is 16.5. The Bertz CT molecular complexity index is 655. The first-order chi connectivity index (χ1) is 10.1. The Balaban J connectivity index is 1.78. The zero-order chi connectivity index (χ0) is 15.2. The van der Waals surface area contributed by atoms with E-state index in [9.17, 15) is 10.1 Å². The van der Waals surface area contributed by atoms with Crippen molar-refractivity contribution in [1.82, 2.24) is 14.7 Å². The summed E-state index contributed by atoms with van der Waals surface area (Å²) in [6.45, 7) is 0.661. The van der Waals surface area contributed by atoms with Gasteiger partial charge in [0.2, 0.25) is 0 Å². The molecule has 21 heavy (non-hydrogen) atoms. The minimum absolute atomic E-state index is 0.453. The van der Waals surface area contributed by atoms with E-state index >= 15 is 0 Å². The largest absolute Gasteiger partial charge is 0.374 e. The lowest BCUT2D eigenvalue weighted by Gasteiger charge is -2.06. The maximum atomic E-state index is 10.4. The van der Waals surface area contributed by atoms with Gasteiger partial charge in [-0.1, -0.05) is 11.6 Å². The number of hydrogen-bond donors (Lipinski definition) is 1. The molecule has 1 N–H and O–H groups in total. The molecule has 2 heterocycles. The van der Waals surface area contributed by atoms with Gasteiger partial charge in [-0.3, -0.25) is 14.5 Å². The number of thiazole rings is 1. The van der Waals surface area contributed by atoms with Crippen LogP contribution in [0.2, 0.25) is 5.15 Å². The van der Waals surface area contributed by atoms with Crippen LogP contribution in [-0.2, 0) is 5.75 Å². The fourth-order valence-electron chi connectivity index (χ4n) is 1.62. The number of rotatable bonds is 8. The summed E-state index contributed by atoms with van der Waals surface area (Å²) >= 11 is 10.7. The molecule has 0 aliphatic heterocycles. The van der Waals surface area contributed by atoms with Crippen molar-refractivity contribution in [3.05, 3.63) is 43.8 Å². The molecule has 0 spiro atoms. The van der Waals surface area contributed by atoms with Gasteiger partial charge in [-0.25, -0.2) is 4.98 Å². The van der Waals surface area contributed by atoms with Crippen LogP contribution in [0.4, 0.5) is 0 Å². The van der Waals surface area contributed by atoms with Crippen LogP contribution in [0.3, 0.4) is 0 Å². The predicted octanol–water partition coefficient (Wildman–Crippen LogP) is 3.31. The highest BCUT2D eigenvalue weighted by Crippen LogP contribution is 2.24. The Hall–Kier alpha value is -0.900. The molecule has 6 nitrogen and oxygen atoms in total. The Morgan fingerprint density at radius 3 is 3.24 bits per heavy atom. The van der Waals surface area contributed by atoms with E-state index < -0.39 is 4.92 Å². The van der Waals surface area contributed by atoms with Gasteiger partial charge in [-0.15, -0.1) is 23.1 Å². The van der Waals surface area contributed by atoms with Crippen LogP contribution in [0.5, 0.6) is 0 Å². The van der Waals surface area contributed by atoms with Gasteiger partial charge >= 0.3 is 0 Å². The van der Waals surface area contributed by atoms with Crippen molar-refractivity contribution in [2.24, 2.45) is 0 Å². The fourth-order valence-corrected chi connectivity index (χ4v) is 4.01. The summed E-state index contributed by atoms with van der Waals surface area (Å²) in [6.07, 6.45) is 4.74. The molecule has 0 saturated carbocycles. The molecule has 0 fully saturated rings. The van der Waals surface area contributed by atoms with E-state index in [1.165, 1.54) is 11.8 Å². The van der Waals surface area contributed by atoms with Crippen LogP contribution in [0.1, 0.15) is 5.69 Å². The molecule has 0 atom stereocenters. The predicted molar refractivity (Wildman–Crippen MR) is 90.8 cm³/mol. The highest BCUT2D eigenvalue weighted by atomic mass is 35.5. The normalized spacial score (nSPS) is 12.0. The summed E-state index contributed by atoms with van der Waals surface area (Å²) < 4.78 is 1.99. The summed E-state index contributed by atoms with van der Waals surface area (Å²) in [6, 6.07) is 0. The number of thioether (sulfide) groups is 2. The molecule has 0 unspecified atom stereocenters. The third-order valence-electron chi connectivity index (χ3n) is 2.54. The van der Waals surface area contributed by atoms with E-state index in [2.05, 4.69) is 10.3 Å². The molecule has 0 aliphatic rings. The van der Waals surface area contributed by atoms with E-state index in [-0.39, 0.29) is 0 Å². The summed E-state index contributed by atoms with van der Waals surface area (Å²) in [5.74, 6) is 1.58. The number of fused-ring (bicyclic) bond motifs is 1. The van der Waals surface area contributed by atoms with Crippen molar-refractivity contribution in [2.45, 2.75) is 5.75 Å². The smallest absolute Gasteiger partial charge is 0.263 e. The average molecular weight is 365 g/mol. The van der Waals surface area contributed by atoms with Crippen LogP contribution in [-0.4, -0.2) is 32.9 Å². The number of aromatic nitrogens is 2. The van der Waals surface area contributed by atoms with E-state index in [1.807, 2.05) is 16.0 Å². The minimum atomic E-state index is -0.453. The van der Waals surface area contributed by atoms with Gasteiger partial charge < -0.3 is 5.32 Å². The molecule has 0 aromatic carbocycles. The molecule has 0 amide bonds. The number of halogens is 1. The Morgan fingerprint density at radius 2 is 2.52 bits per heavy atom. The average Bonchev–Trinajstić information content (AvgIpc) is 2.98. The third kappa shape index (κ3) is 4.53. The second kappa shape index (κ2) is 7.92. The monoisotopic (exact) mass is 364 g/mol. The third-order valence-corrected chi connectivity index (χ3v) is 5.26. The van der Waals surface area contributed by atoms with Crippen molar-refractivity contribution in [3.8, 4) is 0 Å². The summed E-state index contributed by atoms with van der Waals surface area (Å²) in [7, 11) is 0. The van der Waals surface area contributed by atoms with Crippen LogP contribution >= 0.6 is 46.5 Å². The van der Waals surface area contributed by atoms with Crippen LogP contribution in [0, 0.1) is 10.1 Å². The topological polar surface area (TPSA) is 72.5 Å². The molecule has 0 radical (unpaired) electrons. The van der Waals surface area contributed by atoms with E-state index in [0.29, 0.717) is 16.7 Å². The number of nitrogens with zero attached hydrogens (tertiary/aromatic N) is 3. The zero-order valence-corrected chi connectivity index (χ0v) is 14.3. The van der Waals surface area contributed by atoms with Crippen molar-refractivity contribution in [3.63, 3.8) is 0 Å². The number of imidazole rings is 1. The standard InChI is InChI=1S/C11H13ClN4O2S3/c1-19-9(6-16(17)18)13-2-4-20-7-8-10(12)14-11-15(8)3-5-21-11/h3,5-6,13H,2,4,7H2,1H3/b9-6-. The van der Waals surface area contributed by atoms with Gasteiger partial charge in [-0.05, 0) is 6.26 Å². The van der Waals surface area contributed by atoms with Crippen molar-refractivity contribution in [2.75, 3.05) is 18.6 Å². The maximum absolute atomic E-state index is 10.4. The van der Waals surface area contributed by atoms with Crippen molar-refractivity contribution in [1.29, 1.82) is 0 Å². The highest BCUT2D eigenvalue weighted by Gasteiger charge is 2.10. The van der Waals surface area contributed by atoms with Gasteiger partial charge in [0.15, 0.2) is 10.1 Å². The lowest BCUT2D eigenvalue weighted by Crippen LogP contribution is -2.15. The molecular formula is C11H13ClN4O2S3. The fraction of sp³-hybridized carbons (Fsp3) is 0.364. The molecule has 114 valence electrons. The molecule has 2 rings (SSSR count). The SMILES string of the molecule is CS/C(=C\[N+](=O)[O-])NCCSCc1c(Cl)nc2sccn12. The van der Waals surface area contributed by atoms with Crippen LogP contribution < -0.4 is 5.32 Å². The number of nitro groups is 1. The number of hydrogen-bond acceptors (Lipinski definition) is 7. The second-order valence-electron chi connectivity index (χ2n) is 3.87. The Labute approximate surface area is 139 Å². The van der Waals surface area contributed by atoms with E-state index in [1.54, 1.807) is 29.4 Å². The molecule has 10 heteroatoms. The van der Waals surface area contributed by atoms with Gasteiger partial charge in [0.25, 0.3) is 6.20 Å². The van der Waals surface area contributed by atoms with Gasteiger partial charge in [0, 0.05) is 29.6 Å². The van der Waals surface area contributed by atoms with Gasteiger partial charge in [0.1, 0.15) is 5.03 Å². The zero-order valence-electron chi connectivity index (χ0n) is 11.1. The molecular weight excluding hydrogens is 352 g/mol. The quantitative estimate of drug-likeness (QED) is 0.440. The minimum Gasteiger partial charge on any atom is -0.374 e. The lowest BCUT2D eigenvalue weighted by molar-refractivity contribution is -0.403. The van der Waals surface area contributed by atoms with E-state index in [4.69, 9.17) is 11.6 Å². The molecule has 2 aromatic heterocycles.